The molecule has 0 aliphatic carbocycles. The first-order chi connectivity index (χ1) is 15.7. The topological polar surface area (TPSA) is 133 Å². The Morgan fingerprint density at radius 3 is 2.27 bits per heavy atom. The van der Waals surface area contributed by atoms with Crippen molar-refractivity contribution < 1.29 is 29.4 Å². The Kier molecular flexibility index (Phi) is 7.20. The zero-order chi connectivity index (χ0) is 24.0. The molecule has 3 rings (SSSR count). The summed E-state index contributed by atoms with van der Waals surface area (Å²) in [7, 11) is 0. The van der Waals surface area contributed by atoms with Gasteiger partial charge in [0.25, 0.3) is 5.91 Å². The third-order valence-corrected chi connectivity index (χ3v) is 4.95. The highest BCUT2D eigenvalue weighted by Gasteiger charge is 2.16. The number of aromatic carboxylic acids is 1. The van der Waals surface area contributed by atoms with E-state index in [4.69, 9.17) is 5.11 Å². The molecule has 3 aromatic rings. The Balaban J connectivity index is 1.80. The lowest BCUT2D eigenvalue weighted by Crippen LogP contribution is -2.26. The van der Waals surface area contributed by atoms with Crippen molar-refractivity contribution in [1.82, 2.24) is 5.32 Å². The third-order valence-electron chi connectivity index (χ3n) is 4.95. The van der Waals surface area contributed by atoms with Gasteiger partial charge in [-0.1, -0.05) is 36.4 Å². The Morgan fingerprint density at radius 1 is 0.879 bits per heavy atom. The number of rotatable bonds is 8. The minimum atomic E-state index is -1.27. The number of carboxylic acid groups (broad SMARTS) is 2. The number of benzene rings is 3. The van der Waals surface area contributed by atoms with Crippen molar-refractivity contribution >= 4 is 45.8 Å². The van der Waals surface area contributed by atoms with Crippen LogP contribution in [0.5, 0.6) is 0 Å². The van der Waals surface area contributed by atoms with Crippen molar-refractivity contribution in [2.45, 2.75) is 13.3 Å². The first-order valence-corrected chi connectivity index (χ1v) is 10.1. The normalized spacial score (nSPS) is 11.1. The van der Waals surface area contributed by atoms with Gasteiger partial charge in [-0.2, -0.15) is 0 Å². The number of anilines is 1. The predicted octanol–water partition coefficient (Wildman–Crippen LogP) is 3.78. The van der Waals surface area contributed by atoms with Crippen molar-refractivity contribution in [2.75, 3.05) is 11.9 Å². The largest absolute Gasteiger partial charge is 0.481 e. The molecule has 33 heavy (non-hydrogen) atoms. The molecule has 0 spiro atoms. The van der Waals surface area contributed by atoms with E-state index in [1.165, 1.54) is 24.3 Å². The van der Waals surface area contributed by atoms with E-state index in [0.29, 0.717) is 5.57 Å². The molecule has 0 radical (unpaired) electrons. The molecule has 8 heteroatoms. The zero-order valence-corrected chi connectivity index (χ0v) is 17.8. The number of hydrogen-bond donors (Lipinski definition) is 4. The molecule has 0 unspecified atom stereocenters. The van der Waals surface area contributed by atoms with Crippen LogP contribution in [0.4, 0.5) is 5.69 Å². The van der Waals surface area contributed by atoms with Crippen LogP contribution in [0.25, 0.3) is 16.3 Å². The molecule has 0 heterocycles. The molecule has 0 fully saturated rings. The average Bonchev–Trinajstić information content (AvgIpc) is 2.78. The number of carboxylic acids is 2. The van der Waals surface area contributed by atoms with Crippen LogP contribution in [0, 0.1) is 0 Å². The van der Waals surface area contributed by atoms with Crippen LogP contribution in [-0.2, 0) is 9.59 Å². The second kappa shape index (κ2) is 10.2. The minimum absolute atomic E-state index is 0.0408. The summed E-state index contributed by atoms with van der Waals surface area (Å²) in [5.41, 5.74) is 1.39. The number of carbonyl (C=O) groups is 4. The van der Waals surface area contributed by atoms with Gasteiger partial charge in [-0.05, 0) is 53.1 Å². The van der Waals surface area contributed by atoms with Crippen molar-refractivity contribution in [3.05, 3.63) is 83.4 Å². The van der Waals surface area contributed by atoms with Gasteiger partial charge in [-0.3, -0.25) is 14.4 Å². The summed E-state index contributed by atoms with van der Waals surface area (Å²) in [6, 6.07) is 17.4. The Bertz CT molecular complexity index is 1280. The smallest absolute Gasteiger partial charge is 0.337 e. The zero-order valence-electron chi connectivity index (χ0n) is 17.8. The van der Waals surface area contributed by atoms with Gasteiger partial charge < -0.3 is 20.8 Å². The van der Waals surface area contributed by atoms with Crippen molar-refractivity contribution in [2.24, 2.45) is 0 Å². The number of hydrogen-bond acceptors (Lipinski definition) is 4. The predicted molar refractivity (Wildman–Crippen MR) is 124 cm³/mol. The van der Waals surface area contributed by atoms with Crippen LogP contribution in [0.1, 0.15) is 39.6 Å². The van der Waals surface area contributed by atoms with Crippen LogP contribution in [0.15, 0.2) is 66.7 Å². The maximum atomic E-state index is 12.6. The van der Waals surface area contributed by atoms with E-state index in [2.05, 4.69) is 10.6 Å². The van der Waals surface area contributed by atoms with E-state index < -0.39 is 23.8 Å². The van der Waals surface area contributed by atoms with Crippen molar-refractivity contribution in [3.8, 4) is 0 Å². The first kappa shape index (κ1) is 23.2. The van der Waals surface area contributed by atoms with E-state index in [1.807, 2.05) is 42.5 Å². The van der Waals surface area contributed by atoms with Crippen LogP contribution in [0.3, 0.4) is 0 Å². The monoisotopic (exact) mass is 446 g/mol. The summed E-state index contributed by atoms with van der Waals surface area (Å²) < 4.78 is 0. The molecule has 2 amide bonds. The summed E-state index contributed by atoms with van der Waals surface area (Å²) >= 11 is 0. The second-order valence-corrected chi connectivity index (χ2v) is 7.34. The van der Waals surface area contributed by atoms with Crippen LogP contribution in [-0.4, -0.2) is 40.5 Å². The lowest BCUT2D eigenvalue weighted by atomic mass is 10.0. The van der Waals surface area contributed by atoms with Gasteiger partial charge in [-0.25, -0.2) is 4.79 Å². The third kappa shape index (κ3) is 6.04. The molecule has 0 atom stereocenters. The van der Waals surface area contributed by atoms with E-state index in [1.54, 1.807) is 6.92 Å². The highest BCUT2D eigenvalue weighted by molar-refractivity contribution is 6.08. The van der Waals surface area contributed by atoms with E-state index >= 15 is 0 Å². The maximum Gasteiger partial charge on any atom is 0.337 e. The number of amides is 2. The van der Waals surface area contributed by atoms with Crippen LogP contribution in [0.2, 0.25) is 0 Å². The molecular formula is C25H22N2O6. The van der Waals surface area contributed by atoms with E-state index in [0.717, 1.165) is 16.3 Å². The number of nitrogens with one attached hydrogen (secondary N) is 2. The van der Waals surface area contributed by atoms with E-state index in [9.17, 15) is 24.3 Å². The summed E-state index contributed by atoms with van der Waals surface area (Å²) in [6.07, 6.45) is 1.11. The number of carbonyl (C=O) groups excluding carboxylic acids is 2. The van der Waals surface area contributed by atoms with Gasteiger partial charge in [0, 0.05) is 18.2 Å². The van der Waals surface area contributed by atoms with Crippen LogP contribution < -0.4 is 10.6 Å². The number of aliphatic carboxylic acids is 1. The maximum absolute atomic E-state index is 12.6. The van der Waals surface area contributed by atoms with Gasteiger partial charge in [0.2, 0.25) is 5.91 Å². The average molecular weight is 446 g/mol. The van der Waals surface area contributed by atoms with Gasteiger partial charge >= 0.3 is 11.9 Å². The minimum Gasteiger partial charge on any atom is -0.481 e. The molecule has 3 aromatic carbocycles. The molecule has 168 valence electrons. The number of fused-ring (bicyclic) bond motifs is 1. The Labute approximate surface area is 189 Å². The molecule has 0 saturated heterocycles. The van der Waals surface area contributed by atoms with Crippen molar-refractivity contribution in [1.29, 1.82) is 0 Å². The summed E-state index contributed by atoms with van der Waals surface area (Å²) in [4.78, 5) is 47.0. The Hall–Kier alpha value is -4.46. The molecule has 0 aliphatic rings. The quantitative estimate of drug-likeness (QED) is 0.389. The summed E-state index contributed by atoms with van der Waals surface area (Å²) in [5, 5.41) is 25.2. The summed E-state index contributed by atoms with van der Waals surface area (Å²) in [6.45, 7) is 1.69. The molecule has 0 bridgehead atoms. The lowest BCUT2D eigenvalue weighted by Gasteiger charge is -2.11. The van der Waals surface area contributed by atoms with Crippen LogP contribution >= 0.6 is 0 Å². The van der Waals surface area contributed by atoms with Crippen molar-refractivity contribution in [3.63, 3.8) is 0 Å². The van der Waals surface area contributed by atoms with Gasteiger partial charge in [0.1, 0.15) is 0 Å². The fraction of sp³-hybridized carbons (Fsp3) is 0.120. The first-order valence-electron chi connectivity index (χ1n) is 10.1. The standard InChI is InChI=1S/C25H22N2O6/c1-15(17-7-6-16-4-2-3-5-18(16)13-17)12-22(28)27-21-14-19(8-9-20(21)25(32)33)24(31)26-11-10-23(29)30/h2-9,12-14H,10-11H2,1H3,(H,26,31)(H,27,28)(H,29,30)(H,32,33). The highest BCUT2D eigenvalue weighted by atomic mass is 16.4. The fourth-order valence-electron chi connectivity index (χ4n) is 3.24. The number of allylic oxidation sites excluding steroid dienone is 1. The Morgan fingerprint density at radius 2 is 1.58 bits per heavy atom. The van der Waals surface area contributed by atoms with Gasteiger partial charge in [0.05, 0.1) is 17.7 Å². The lowest BCUT2D eigenvalue weighted by molar-refractivity contribution is -0.136. The molecule has 8 nitrogen and oxygen atoms in total. The van der Waals surface area contributed by atoms with E-state index in [-0.39, 0.29) is 29.8 Å². The molecule has 0 aromatic heterocycles. The highest BCUT2D eigenvalue weighted by Crippen LogP contribution is 2.22. The fourth-order valence-corrected chi connectivity index (χ4v) is 3.24. The van der Waals surface area contributed by atoms with Gasteiger partial charge in [0.15, 0.2) is 0 Å². The molecular weight excluding hydrogens is 424 g/mol. The SMILES string of the molecule is CC(=CC(=O)Nc1cc(C(=O)NCCC(=O)O)ccc1C(=O)O)c1ccc2ccccc2c1. The molecule has 0 aliphatic heterocycles. The molecule has 0 saturated carbocycles. The second-order valence-electron chi connectivity index (χ2n) is 7.34. The summed E-state index contributed by atoms with van der Waals surface area (Å²) in [5.74, 6) is -3.45. The van der Waals surface area contributed by atoms with Gasteiger partial charge in [-0.15, -0.1) is 0 Å². The molecule has 4 N–H and O–H groups in total.